The molecule has 4 amide bonds. The second-order valence-electron chi connectivity index (χ2n) is 8.25. The minimum absolute atomic E-state index is 0.0184. The third-order valence-corrected chi connectivity index (χ3v) is 5.81. The first-order valence-corrected chi connectivity index (χ1v) is 10.7. The van der Waals surface area contributed by atoms with Crippen LogP contribution in [0, 0.1) is 0 Å². The molecule has 2 aromatic carbocycles. The highest BCUT2D eigenvalue weighted by Crippen LogP contribution is 2.37. The summed E-state index contributed by atoms with van der Waals surface area (Å²) >= 11 is 0. The van der Waals surface area contributed by atoms with Gasteiger partial charge in [0.2, 0.25) is 12.7 Å². The Bertz CT molecular complexity index is 1140. The molecule has 172 valence electrons. The normalized spacial score (nSPS) is 18.9. The number of benzene rings is 2. The molecule has 1 atom stereocenters. The number of hydrogen-bond acceptors (Lipinski definition) is 6. The number of ketones is 1. The molecule has 0 unspecified atom stereocenters. The van der Waals surface area contributed by atoms with Crippen molar-refractivity contribution < 1.29 is 28.7 Å². The molecular formula is C24H25N3O6. The van der Waals surface area contributed by atoms with E-state index >= 15 is 0 Å². The van der Waals surface area contributed by atoms with Crippen molar-refractivity contribution in [3.63, 3.8) is 0 Å². The van der Waals surface area contributed by atoms with Crippen molar-refractivity contribution in [1.82, 2.24) is 10.2 Å². The summed E-state index contributed by atoms with van der Waals surface area (Å²) in [5, 5.41) is 5.31. The molecule has 2 aliphatic rings. The summed E-state index contributed by atoms with van der Waals surface area (Å²) in [7, 11) is 0. The zero-order chi connectivity index (χ0) is 23.8. The van der Waals surface area contributed by atoms with Gasteiger partial charge in [-0.2, -0.15) is 0 Å². The number of ether oxygens (including phenoxy) is 2. The van der Waals surface area contributed by atoms with E-state index < -0.39 is 29.9 Å². The summed E-state index contributed by atoms with van der Waals surface area (Å²) in [6.07, 6.45) is 1.93. The second-order valence-corrected chi connectivity index (χ2v) is 8.25. The van der Waals surface area contributed by atoms with Crippen LogP contribution in [0.4, 0.5) is 10.5 Å². The van der Waals surface area contributed by atoms with Gasteiger partial charge in [-0.05, 0) is 37.5 Å². The molecular weight excluding hydrogens is 426 g/mol. The minimum atomic E-state index is -1.27. The number of imide groups is 1. The van der Waals surface area contributed by atoms with E-state index in [4.69, 9.17) is 9.47 Å². The molecule has 2 N–H and O–H groups in total. The van der Waals surface area contributed by atoms with Gasteiger partial charge in [0.25, 0.3) is 5.91 Å². The molecule has 2 aliphatic heterocycles. The van der Waals surface area contributed by atoms with Crippen LogP contribution in [0.25, 0.3) is 0 Å². The largest absolute Gasteiger partial charge is 0.454 e. The molecule has 9 heteroatoms. The van der Waals surface area contributed by atoms with Gasteiger partial charge in [0.15, 0.2) is 17.3 Å². The lowest BCUT2D eigenvalue weighted by Gasteiger charge is -2.22. The lowest BCUT2D eigenvalue weighted by molar-refractivity contribution is -0.133. The maximum Gasteiger partial charge on any atom is 0.325 e. The molecule has 9 nitrogen and oxygen atoms in total. The number of urea groups is 1. The lowest BCUT2D eigenvalue weighted by Crippen LogP contribution is -2.42. The van der Waals surface area contributed by atoms with Crippen LogP contribution >= 0.6 is 0 Å². The number of amides is 4. The molecule has 0 aromatic heterocycles. The number of anilines is 1. The van der Waals surface area contributed by atoms with E-state index in [0.717, 1.165) is 23.3 Å². The predicted molar refractivity (Wildman–Crippen MR) is 119 cm³/mol. The summed E-state index contributed by atoms with van der Waals surface area (Å²) in [5.41, 5.74) is 0.965. The summed E-state index contributed by atoms with van der Waals surface area (Å²) in [4.78, 5) is 51.3. The Hall–Kier alpha value is -3.88. The second kappa shape index (κ2) is 8.57. The van der Waals surface area contributed by atoms with Crippen LogP contribution in [0.1, 0.15) is 48.7 Å². The van der Waals surface area contributed by atoms with Crippen LogP contribution < -0.4 is 20.1 Å². The molecule has 0 spiro atoms. The maximum atomic E-state index is 13.1. The van der Waals surface area contributed by atoms with Gasteiger partial charge in [-0.1, -0.05) is 37.6 Å². The van der Waals surface area contributed by atoms with E-state index in [9.17, 15) is 19.2 Å². The van der Waals surface area contributed by atoms with Crippen molar-refractivity contribution in [2.45, 2.75) is 39.2 Å². The highest BCUT2D eigenvalue weighted by Gasteiger charge is 2.49. The molecule has 33 heavy (non-hydrogen) atoms. The van der Waals surface area contributed by atoms with E-state index in [1.807, 2.05) is 24.3 Å². The van der Waals surface area contributed by atoms with Crippen molar-refractivity contribution in [1.29, 1.82) is 0 Å². The number of carbonyl (C=O) groups is 4. The number of aryl methyl sites for hydroxylation is 1. The molecule has 1 saturated heterocycles. The fourth-order valence-corrected chi connectivity index (χ4v) is 4.00. The topological polar surface area (TPSA) is 114 Å². The first-order valence-electron chi connectivity index (χ1n) is 10.7. The Morgan fingerprint density at radius 2 is 1.79 bits per heavy atom. The lowest BCUT2D eigenvalue weighted by atomic mass is 9.91. The molecule has 0 aliphatic carbocycles. The molecule has 0 radical (unpaired) electrons. The Balaban J connectivity index is 1.50. The van der Waals surface area contributed by atoms with Gasteiger partial charge in [-0.3, -0.25) is 19.3 Å². The molecule has 2 heterocycles. The molecule has 2 aromatic rings. The zero-order valence-corrected chi connectivity index (χ0v) is 18.7. The van der Waals surface area contributed by atoms with Crippen LogP contribution in [-0.4, -0.2) is 41.9 Å². The number of carbonyl (C=O) groups excluding carboxylic acids is 4. The molecule has 0 saturated carbocycles. The highest BCUT2D eigenvalue weighted by atomic mass is 16.7. The Kier molecular flexibility index (Phi) is 5.80. The number of fused-ring (bicyclic) bond motifs is 1. The third-order valence-electron chi connectivity index (χ3n) is 5.81. The standard InChI is InChI=1S/C24H25N3O6/c1-4-5-15-6-8-16(9-7-15)24(3)22(30)27(23(31)26-24)12-21(29)25-18-11-20-19(32-13-33-20)10-17(18)14(2)28/h6-11H,4-5,12-13H2,1-3H3,(H,25,29)(H,26,31)/t24-/m0/s1. The first kappa shape index (κ1) is 22.3. The monoisotopic (exact) mass is 451 g/mol. The third kappa shape index (κ3) is 4.13. The maximum absolute atomic E-state index is 13.1. The van der Waals surface area contributed by atoms with Crippen molar-refractivity contribution in [3.05, 3.63) is 53.1 Å². The average Bonchev–Trinajstić information content (AvgIpc) is 3.32. The first-order chi connectivity index (χ1) is 15.7. The van der Waals surface area contributed by atoms with Gasteiger partial charge in [0, 0.05) is 11.6 Å². The number of hydrogen-bond donors (Lipinski definition) is 2. The Morgan fingerprint density at radius 3 is 2.42 bits per heavy atom. The fraction of sp³-hybridized carbons (Fsp3) is 0.333. The van der Waals surface area contributed by atoms with Crippen LogP contribution in [0.2, 0.25) is 0 Å². The van der Waals surface area contributed by atoms with Crippen molar-refractivity contribution in [2.24, 2.45) is 0 Å². The average molecular weight is 451 g/mol. The van der Waals surface area contributed by atoms with E-state index in [1.54, 1.807) is 6.92 Å². The molecule has 1 fully saturated rings. The van der Waals surface area contributed by atoms with Crippen molar-refractivity contribution >= 4 is 29.3 Å². The Labute approximate surface area is 191 Å². The zero-order valence-electron chi connectivity index (χ0n) is 18.7. The molecule has 0 bridgehead atoms. The summed E-state index contributed by atoms with van der Waals surface area (Å²) in [5.74, 6) is -0.624. The van der Waals surface area contributed by atoms with Gasteiger partial charge in [0.05, 0.1) is 5.69 Å². The minimum Gasteiger partial charge on any atom is -0.454 e. The number of Topliss-reactive ketones (excluding diaryl/α,β-unsaturated/α-hetero) is 1. The van der Waals surface area contributed by atoms with E-state index in [1.165, 1.54) is 19.1 Å². The van der Waals surface area contributed by atoms with Gasteiger partial charge >= 0.3 is 6.03 Å². The van der Waals surface area contributed by atoms with E-state index in [0.29, 0.717) is 17.1 Å². The number of rotatable bonds is 7. The Morgan fingerprint density at radius 1 is 1.12 bits per heavy atom. The van der Waals surface area contributed by atoms with Gasteiger partial charge in [-0.15, -0.1) is 0 Å². The number of nitrogens with zero attached hydrogens (tertiary/aromatic N) is 1. The van der Waals surface area contributed by atoms with E-state index in [2.05, 4.69) is 17.6 Å². The van der Waals surface area contributed by atoms with Crippen molar-refractivity contribution in [2.75, 3.05) is 18.7 Å². The quantitative estimate of drug-likeness (QED) is 0.494. The fourth-order valence-electron chi connectivity index (χ4n) is 4.00. The van der Waals surface area contributed by atoms with Gasteiger partial charge in [0.1, 0.15) is 12.1 Å². The van der Waals surface area contributed by atoms with E-state index in [-0.39, 0.29) is 23.8 Å². The van der Waals surface area contributed by atoms with Crippen LogP contribution in [0.3, 0.4) is 0 Å². The predicted octanol–water partition coefficient (Wildman–Crippen LogP) is 2.98. The van der Waals surface area contributed by atoms with Gasteiger partial charge in [-0.25, -0.2) is 4.79 Å². The van der Waals surface area contributed by atoms with Gasteiger partial charge < -0.3 is 20.1 Å². The summed E-state index contributed by atoms with van der Waals surface area (Å²) in [6.45, 7) is 4.58. The molecule has 4 rings (SSSR count). The summed E-state index contributed by atoms with van der Waals surface area (Å²) < 4.78 is 10.6. The van der Waals surface area contributed by atoms with Crippen LogP contribution in [0.15, 0.2) is 36.4 Å². The van der Waals surface area contributed by atoms with Crippen LogP contribution in [0.5, 0.6) is 11.5 Å². The van der Waals surface area contributed by atoms with Crippen molar-refractivity contribution in [3.8, 4) is 11.5 Å². The SMILES string of the molecule is CCCc1ccc([C@]2(C)NC(=O)N(CC(=O)Nc3cc4c(cc3C(C)=O)OCO4)C2=O)cc1. The number of nitrogens with one attached hydrogen (secondary N) is 2. The summed E-state index contributed by atoms with van der Waals surface area (Å²) in [6, 6.07) is 9.83. The van der Waals surface area contributed by atoms with Crippen LogP contribution in [-0.2, 0) is 21.5 Å². The highest BCUT2D eigenvalue weighted by molar-refractivity contribution is 6.11. The smallest absolute Gasteiger partial charge is 0.325 e.